The zero-order valence-corrected chi connectivity index (χ0v) is 14.3. The number of ether oxygens (including phenoxy) is 1. The molecule has 4 nitrogen and oxygen atoms in total. The van der Waals surface area contributed by atoms with Crippen LogP contribution in [0.25, 0.3) is 0 Å². The fourth-order valence-corrected chi connectivity index (χ4v) is 2.62. The second-order valence-electron chi connectivity index (χ2n) is 6.04. The van der Waals surface area contributed by atoms with E-state index in [-0.39, 0.29) is 24.6 Å². The van der Waals surface area contributed by atoms with Gasteiger partial charge in [-0.25, -0.2) is 4.39 Å². The van der Waals surface area contributed by atoms with Crippen molar-refractivity contribution in [3.05, 3.63) is 99.7 Å². The van der Waals surface area contributed by atoms with Crippen molar-refractivity contribution < 1.29 is 14.2 Å². The number of hydrogen-bond acceptors (Lipinski definition) is 3. The topological polar surface area (TPSA) is 51.5 Å². The summed E-state index contributed by atoms with van der Waals surface area (Å²) in [6, 6.07) is 17.0. The molecule has 0 saturated heterocycles. The van der Waals surface area contributed by atoms with Gasteiger partial charge in [0, 0.05) is 18.8 Å². The highest BCUT2D eigenvalue weighted by atomic mass is 19.1. The fraction of sp³-hybridized carbons (Fsp3) is 0.190. The molecule has 0 aliphatic rings. The molecular weight excluding hydrogens is 333 g/mol. The van der Waals surface area contributed by atoms with Crippen molar-refractivity contribution in [3.63, 3.8) is 0 Å². The van der Waals surface area contributed by atoms with Crippen molar-refractivity contribution >= 4 is 0 Å². The van der Waals surface area contributed by atoms with Gasteiger partial charge in [0.1, 0.15) is 18.2 Å². The van der Waals surface area contributed by atoms with Gasteiger partial charge in [-0.1, -0.05) is 36.4 Å². The predicted molar refractivity (Wildman–Crippen MR) is 97.5 cm³/mol. The number of nitrogens with zero attached hydrogens (tertiary/aromatic N) is 1. The maximum Gasteiger partial charge on any atom is 0.254 e. The van der Waals surface area contributed by atoms with Gasteiger partial charge < -0.3 is 14.4 Å². The average Bonchev–Trinajstić information content (AvgIpc) is 2.66. The molecule has 0 aliphatic heterocycles. The molecule has 0 unspecified atom stereocenters. The molecule has 5 heteroatoms. The SMILES string of the molecule is O=c1cc(OCc2cccc(F)c2)ccn1CCc1ccc(CO)cc1. The minimum Gasteiger partial charge on any atom is -0.489 e. The van der Waals surface area contributed by atoms with E-state index in [1.807, 2.05) is 24.3 Å². The van der Waals surface area contributed by atoms with Crippen LogP contribution in [-0.2, 0) is 26.2 Å². The van der Waals surface area contributed by atoms with Gasteiger partial charge in [0.25, 0.3) is 5.56 Å². The van der Waals surface area contributed by atoms with Crippen LogP contribution in [0.1, 0.15) is 16.7 Å². The number of aliphatic hydroxyl groups excluding tert-OH is 1. The Morgan fingerprint density at radius 1 is 0.962 bits per heavy atom. The summed E-state index contributed by atoms with van der Waals surface area (Å²) in [6.07, 6.45) is 2.42. The summed E-state index contributed by atoms with van der Waals surface area (Å²) in [7, 11) is 0. The molecular formula is C21H20FNO3. The van der Waals surface area contributed by atoms with E-state index in [1.54, 1.807) is 29.0 Å². The van der Waals surface area contributed by atoms with Crippen LogP contribution >= 0.6 is 0 Å². The minimum absolute atomic E-state index is 0.0246. The van der Waals surface area contributed by atoms with Crippen molar-refractivity contribution in [2.75, 3.05) is 0 Å². The normalized spacial score (nSPS) is 10.7. The molecule has 0 saturated carbocycles. The highest BCUT2D eigenvalue weighted by Gasteiger charge is 2.02. The van der Waals surface area contributed by atoms with Crippen LogP contribution in [0.15, 0.2) is 71.7 Å². The van der Waals surface area contributed by atoms with E-state index in [0.29, 0.717) is 17.9 Å². The van der Waals surface area contributed by atoms with Crippen molar-refractivity contribution in [1.82, 2.24) is 4.57 Å². The zero-order valence-electron chi connectivity index (χ0n) is 14.3. The van der Waals surface area contributed by atoms with Crippen LogP contribution in [0.2, 0.25) is 0 Å². The third-order valence-corrected chi connectivity index (χ3v) is 4.11. The lowest BCUT2D eigenvalue weighted by atomic mass is 10.1. The predicted octanol–water partition coefficient (Wildman–Crippen LogP) is 3.30. The van der Waals surface area contributed by atoms with Gasteiger partial charge in [-0.2, -0.15) is 0 Å². The Labute approximate surface area is 151 Å². The molecule has 0 bridgehead atoms. The Morgan fingerprint density at radius 3 is 2.42 bits per heavy atom. The van der Waals surface area contributed by atoms with Gasteiger partial charge in [0.05, 0.1) is 6.61 Å². The second-order valence-corrected chi connectivity index (χ2v) is 6.04. The van der Waals surface area contributed by atoms with Crippen molar-refractivity contribution in [3.8, 4) is 5.75 Å². The van der Waals surface area contributed by atoms with Gasteiger partial charge in [-0.15, -0.1) is 0 Å². The average molecular weight is 353 g/mol. The molecule has 134 valence electrons. The molecule has 1 N–H and O–H groups in total. The van der Waals surface area contributed by atoms with Crippen LogP contribution in [0.5, 0.6) is 5.75 Å². The van der Waals surface area contributed by atoms with Crippen LogP contribution in [0, 0.1) is 5.82 Å². The number of rotatable bonds is 7. The molecule has 2 aromatic carbocycles. The van der Waals surface area contributed by atoms with Crippen LogP contribution < -0.4 is 10.3 Å². The summed E-state index contributed by atoms with van der Waals surface area (Å²) >= 11 is 0. The number of aryl methyl sites for hydroxylation is 2. The molecule has 0 fully saturated rings. The van der Waals surface area contributed by atoms with Gasteiger partial charge in [0.2, 0.25) is 0 Å². The lowest BCUT2D eigenvalue weighted by Crippen LogP contribution is -2.19. The molecule has 1 heterocycles. The van der Waals surface area contributed by atoms with Crippen molar-refractivity contribution in [2.24, 2.45) is 0 Å². The zero-order chi connectivity index (χ0) is 18.4. The van der Waals surface area contributed by atoms with Crippen LogP contribution in [0.3, 0.4) is 0 Å². The Morgan fingerprint density at radius 2 is 1.73 bits per heavy atom. The maximum atomic E-state index is 13.2. The van der Waals surface area contributed by atoms with E-state index in [2.05, 4.69) is 0 Å². The molecule has 0 amide bonds. The van der Waals surface area contributed by atoms with Crippen molar-refractivity contribution in [1.29, 1.82) is 0 Å². The fourth-order valence-electron chi connectivity index (χ4n) is 2.62. The Balaban J connectivity index is 1.59. The highest BCUT2D eigenvalue weighted by Crippen LogP contribution is 2.11. The summed E-state index contributed by atoms with van der Waals surface area (Å²) in [6.45, 7) is 0.788. The second kappa shape index (κ2) is 8.45. The van der Waals surface area contributed by atoms with E-state index in [9.17, 15) is 9.18 Å². The summed E-state index contributed by atoms with van der Waals surface area (Å²) < 4.78 is 20.3. The van der Waals surface area contributed by atoms with Gasteiger partial charge in [-0.3, -0.25) is 4.79 Å². The first-order valence-corrected chi connectivity index (χ1v) is 8.40. The molecule has 26 heavy (non-hydrogen) atoms. The number of halogens is 1. The summed E-state index contributed by atoms with van der Waals surface area (Å²) in [5.41, 5.74) is 2.53. The van der Waals surface area contributed by atoms with Gasteiger partial charge in [0.15, 0.2) is 0 Å². The largest absolute Gasteiger partial charge is 0.489 e. The van der Waals surface area contributed by atoms with E-state index < -0.39 is 0 Å². The first-order valence-electron chi connectivity index (χ1n) is 8.40. The molecule has 0 atom stereocenters. The summed E-state index contributed by atoms with van der Waals surface area (Å²) in [4.78, 5) is 12.2. The first-order chi connectivity index (χ1) is 12.6. The molecule has 3 aromatic rings. The summed E-state index contributed by atoms with van der Waals surface area (Å²) in [5.74, 6) is 0.149. The number of benzene rings is 2. The third kappa shape index (κ3) is 4.80. The van der Waals surface area contributed by atoms with E-state index in [4.69, 9.17) is 9.84 Å². The Kier molecular flexibility index (Phi) is 5.81. The van der Waals surface area contributed by atoms with Crippen LogP contribution in [-0.4, -0.2) is 9.67 Å². The van der Waals surface area contributed by atoms with E-state index in [0.717, 1.165) is 17.5 Å². The van der Waals surface area contributed by atoms with E-state index >= 15 is 0 Å². The Bertz CT molecular complexity index is 919. The van der Waals surface area contributed by atoms with Gasteiger partial charge in [-0.05, 0) is 41.3 Å². The third-order valence-electron chi connectivity index (χ3n) is 4.11. The number of pyridine rings is 1. The monoisotopic (exact) mass is 353 g/mol. The number of aromatic nitrogens is 1. The van der Waals surface area contributed by atoms with Gasteiger partial charge >= 0.3 is 0 Å². The van der Waals surface area contributed by atoms with E-state index in [1.165, 1.54) is 18.2 Å². The molecule has 0 radical (unpaired) electrons. The quantitative estimate of drug-likeness (QED) is 0.709. The lowest BCUT2D eigenvalue weighted by molar-refractivity contribution is 0.282. The van der Waals surface area contributed by atoms with Crippen molar-refractivity contribution in [2.45, 2.75) is 26.2 Å². The summed E-state index contributed by atoms with van der Waals surface area (Å²) in [5, 5.41) is 9.05. The highest BCUT2D eigenvalue weighted by molar-refractivity contribution is 5.23. The molecule has 0 aliphatic carbocycles. The number of aliphatic hydroxyl groups is 1. The smallest absolute Gasteiger partial charge is 0.254 e. The molecule has 3 rings (SSSR count). The van der Waals surface area contributed by atoms with Crippen LogP contribution in [0.4, 0.5) is 4.39 Å². The maximum absolute atomic E-state index is 13.2. The number of hydrogen-bond donors (Lipinski definition) is 1. The molecule has 1 aromatic heterocycles. The minimum atomic E-state index is -0.312. The standard InChI is InChI=1S/C21H20FNO3/c22-19-3-1-2-18(12-19)15-26-20-9-11-23(21(25)13-20)10-8-16-4-6-17(14-24)7-5-16/h1-7,9,11-13,24H,8,10,14-15H2. The Hall–Kier alpha value is -2.92. The molecule has 0 spiro atoms. The lowest BCUT2D eigenvalue weighted by Gasteiger charge is -2.09. The first kappa shape index (κ1) is 17.9.